The van der Waals surface area contributed by atoms with Crippen molar-refractivity contribution in [2.45, 2.75) is 32.2 Å². The maximum Gasteiger partial charge on any atom is 0.122 e. The van der Waals surface area contributed by atoms with Crippen LogP contribution in [0.3, 0.4) is 0 Å². The summed E-state index contributed by atoms with van der Waals surface area (Å²) in [5, 5.41) is 3.50. The Morgan fingerprint density at radius 3 is 2.81 bits per heavy atom. The second kappa shape index (κ2) is 5.90. The molecule has 0 radical (unpaired) electrons. The van der Waals surface area contributed by atoms with E-state index >= 15 is 0 Å². The zero-order valence-electron chi connectivity index (χ0n) is 13.0. The second-order valence-corrected chi connectivity index (χ2v) is 5.98. The van der Waals surface area contributed by atoms with Crippen molar-refractivity contribution >= 4 is 0 Å². The molecule has 0 amide bonds. The Kier molecular flexibility index (Phi) is 3.98. The van der Waals surface area contributed by atoms with Gasteiger partial charge >= 0.3 is 0 Å². The van der Waals surface area contributed by atoms with Crippen molar-refractivity contribution < 1.29 is 4.74 Å². The molecule has 0 aromatic heterocycles. The van der Waals surface area contributed by atoms with Gasteiger partial charge in [0.15, 0.2) is 0 Å². The quantitative estimate of drug-likeness (QED) is 0.924. The lowest BCUT2D eigenvalue weighted by Crippen LogP contribution is -2.35. The van der Waals surface area contributed by atoms with Crippen molar-refractivity contribution in [2.24, 2.45) is 0 Å². The number of rotatable bonds is 4. The molecular formula is C19H23NO. The van der Waals surface area contributed by atoms with Crippen molar-refractivity contribution in [1.29, 1.82) is 0 Å². The molecule has 0 saturated carbocycles. The van der Waals surface area contributed by atoms with Crippen LogP contribution in [0.4, 0.5) is 0 Å². The Morgan fingerprint density at radius 2 is 2.00 bits per heavy atom. The minimum atomic E-state index is 0.397. The molecule has 1 heterocycles. The number of nitrogens with one attached hydrogen (secondary N) is 1. The van der Waals surface area contributed by atoms with Crippen LogP contribution < -0.4 is 10.1 Å². The maximum atomic E-state index is 5.85. The first kappa shape index (κ1) is 14.2. The normalized spacial score (nSPS) is 18.1. The van der Waals surface area contributed by atoms with E-state index in [0.29, 0.717) is 12.0 Å². The van der Waals surface area contributed by atoms with Crippen LogP contribution in [0.25, 0.3) is 0 Å². The van der Waals surface area contributed by atoms with Gasteiger partial charge in [-0.05, 0) is 44.5 Å². The Morgan fingerprint density at radius 1 is 1.19 bits per heavy atom. The topological polar surface area (TPSA) is 21.3 Å². The molecule has 2 atom stereocenters. The molecule has 110 valence electrons. The van der Waals surface area contributed by atoms with Crippen LogP contribution >= 0.6 is 0 Å². The predicted octanol–water partition coefficient (Wildman–Crippen LogP) is 3.61. The molecular weight excluding hydrogens is 258 g/mol. The molecule has 2 heteroatoms. The number of hydrogen-bond acceptors (Lipinski definition) is 2. The summed E-state index contributed by atoms with van der Waals surface area (Å²) < 4.78 is 5.85. The lowest BCUT2D eigenvalue weighted by atomic mass is 9.87. The Balaban J connectivity index is 1.85. The Bertz CT molecular complexity index is 635. The van der Waals surface area contributed by atoms with Crippen molar-refractivity contribution in [1.82, 2.24) is 5.32 Å². The number of benzene rings is 2. The number of fused-ring (bicyclic) bond motifs is 1. The summed E-state index contributed by atoms with van der Waals surface area (Å²) in [6.45, 7) is 5.13. The zero-order valence-corrected chi connectivity index (χ0v) is 13.0. The smallest absolute Gasteiger partial charge is 0.122 e. The van der Waals surface area contributed by atoms with Gasteiger partial charge in [-0.25, -0.2) is 0 Å². The van der Waals surface area contributed by atoms with Crippen molar-refractivity contribution in [3.63, 3.8) is 0 Å². The predicted molar refractivity (Wildman–Crippen MR) is 87.1 cm³/mol. The third kappa shape index (κ3) is 2.81. The standard InChI is InChI=1S/C19H23NO/c1-13-8-9-14(2)15(10-13)11-18(20-3)17-12-21-19-7-5-4-6-16(17)19/h4-10,17-18,20H,11-12H2,1-3H3. The van der Waals surface area contributed by atoms with Crippen molar-refractivity contribution in [3.8, 4) is 5.75 Å². The SMILES string of the molecule is CNC(Cc1cc(C)ccc1C)C1COc2ccccc21. The van der Waals surface area contributed by atoms with E-state index in [1.165, 1.54) is 22.3 Å². The Hall–Kier alpha value is -1.80. The molecule has 1 aliphatic heterocycles. The first-order valence-electron chi connectivity index (χ1n) is 7.64. The van der Waals surface area contributed by atoms with E-state index in [0.717, 1.165) is 18.8 Å². The summed E-state index contributed by atoms with van der Waals surface area (Å²) in [6.07, 6.45) is 1.03. The summed E-state index contributed by atoms with van der Waals surface area (Å²) in [4.78, 5) is 0. The van der Waals surface area contributed by atoms with E-state index in [4.69, 9.17) is 4.74 Å². The molecule has 0 aliphatic carbocycles. The first-order chi connectivity index (χ1) is 10.2. The number of ether oxygens (including phenoxy) is 1. The van der Waals surface area contributed by atoms with Gasteiger partial charge in [0, 0.05) is 17.5 Å². The van der Waals surface area contributed by atoms with Crippen LogP contribution in [0.1, 0.15) is 28.2 Å². The van der Waals surface area contributed by atoms with Gasteiger partial charge in [-0.1, -0.05) is 42.0 Å². The molecule has 1 aliphatic rings. The minimum Gasteiger partial charge on any atom is -0.493 e. The molecule has 2 aromatic carbocycles. The average molecular weight is 281 g/mol. The molecule has 3 rings (SSSR count). The number of likely N-dealkylation sites (N-methyl/N-ethyl adjacent to an activating group) is 1. The van der Waals surface area contributed by atoms with Gasteiger partial charge in [0.1, 0.15) is 5.75 Å². The van der Waals surface area contributed by atoms with E-state index in [9.17, 15) is 0 Å². The highest BCUT2D eigenvalue weighted by Crippen LogP contribution is 2.36. The molecule has 2 aromatic rings. The lowest BCUT2D eigenvalue weighted by molar-refractivity contribution is 0.302. The van der Waals surface area contributed by atoms with E-state index in [1.54, 1.807) is 0 Å². The second-order valence-electron chi connectivity index (χ2n) is 5.98. The van der Waals surface area contributed by atoms with E-state index < -0.39 is 0 Å². The molecule has 0 saturated heterocycles. The summed E-state index contributed by atoms with van der Waals surface area (Å²) >= 11 is 0. The largest absolute Gasteiger partial charge is 0.493 e. The van der Waals surface area contributed by atoms with E-state index in [-0.39, 0.29) is 0 Å². The first-order valence-corrected chi connectivity index (χ1v) is 7.64. The zero-order chi connectivity index (χ0) is 14.8. The molecule has 2 nitrogen and oxygen atoms in total. The van der Waals surface area contributed by atoms with Gasteiger partial charge < -0.3 is 10.1 Å². The Labute approximate surface area is 127 Å². The van der Waals surface area contributed by atoms with E-state index in [2.05, 4.69) is 62.6 Å². The van der Waals surface area contributed by atoms with Crippen LogP contribution in [0.5, 0.6) is 5.75 Å². The van der Waals surface area contributed by atoms with Gasteiger partial charge in [-0.15, -0.1) is 0 Å². The van der Waals surface area contributed by atoms with Crippen LogP contribution in [0, 0.1) is 13.8 Å². The summed E-state index contributed by atoms with van der Waals surface area (Å²) in [6, 6.07) is 15.5. The molecule has 0 fully saturated rings. The van der Waals surface area contributed by atoms with E-state index in [1.807, 2.05) is 6.07 Å². The minimum absolute atomic E-state index is 0.397. The lowest BCUT2D eigenvalue weighted by Gasteiger charge is -2.23. The van der Waals surface area contributed by atoms with Crippen molar-refractivity contribution in [2.75, 3.05) is 13.7 Å². The highest BCUT2D eigenvalue weighted by molar-refractivity contribution is 5.41. The maximum absolute atomic E-state index is 5.85. The molecule has 2 unspecified atom stereocenters. The number of para-hydroxylation sites is 1. The average Bonchev–Trinajstić information content (AvgIpc) is 2.92. The van der Waals surface area contributed by atoms with Gasteiger partial charge in [0.2, 0.25) is 0 Å². The molecule has 1 N–H and O–H groups in total. The van der Waals surface area contributed by atoms with Crippen LogP contribution in [-0.4, -0.2) is 19.7 Å². The summed E-state index contributed by atoms with van der Waals surface area (Å²) in [5.74, 6) is 1.47. The fourth-order valence-electron chi connectivity index (χ4n) is 3.22. The molecule has 0 spiro atoms. The van der Waals surface area contributed by atoms with Crippen molar-refractivity contribution in [3.05, 3.63) is 64.7 Å². The highest BCUT2D eigenvalue weighted by Gasteiger charge is 2.30. The number of hydrogen-bond donors (Lipinski definition) is 1. The molecule has 21 heavy (non-hydrogen) atoms. The van der Waals surface area contributed by atoms with Gasteiger partial charge in [-0.2, -0.15) is 0 Å². The summed E-state index contributed by atoms with van der Waals surface area (Å²) in [7, 11) is 2.05. The van der Waals surface area contributed by atoms with Gasteiger partial charge in [0.05, 0.1) is 6.61 Å². The van der Waals surface area contributed by atoms with Gasteiger partial charge in [0.25, 0.3) is 0 Å². The molecule has 0 bridgehead atoms. The van der Waals surface area contributed by atoms with Crippen LogP contribution in [-0.2, 0) is 6.42 Å². The van der Waals surface area contributed by atoms with Crippen LogP contribution in [0.2, 0.25) is 0 Å². The van der Waals surface area contributed by atoms with Crippen LogP contribution in [0.15, 0.2) is 42.5 Å². The van der Waals surface area contributed by atoms with Gasteiger partial charge in [-0.3, -0.25) is 0 Å². The monoisotopic (exact) mass is 281 g/mol. The fraction of sp³-hybridized carbons (Fsp3) is 0.368. The third-order valence-corrected chi connectivity index (χ3v) is 4.54. The number of aryl methyl sites for hydroxylation is 2. The fourth-order valence-corrected chi connectivity index (χ4v) is 3.22. The summed E-state index contributed by atoms with van der Waals surface area (Å²) in [5.41, 5.74) is 5.46. The third-order valence-electron chi connectivity index (χ3n) is 4.54. The highest BCUT2D eigenvalue weighted by atomic mass is 16.5.